The van der Waals surface area contributed by atoms with Gasteiger partial charge in [0, 0.05) is 35.5 Å². The highest BCUT2D eigenvalue weighted by Gasteiger charge is 2.30. The lowest BCUT2D eigenvalue weighted by Crippen LogP contribution is -2.27. The van der Waals surface area contributed by atoms with Crippen LogP contribution in [0.2, 0.25) is 0 Å². The number of ether oxygens (including phenoxy) is 1. The maximum absolute atomic E-state index is 12.4. The third kappa shape index (κ3) is 4.11. The highest BCUT2D eigenvalue weighted by Crippen LogP contribution is 2.31. The van der Waals surface area contributed by atoms with Crippen molar-refractivity contribution in [3.05, 3.63) is 71.8 Å². The number of esters is 1. The second kappa shape index (κ2) is 8.52. The summed E-state index contributed by atoms with van der Waals surface area (Å²) in [5.41, 5.74) is 3.04. The van der Waals surface area contributed by atoms with Crippen LogP contribution in [0.25, 0.3) is 5.70 Å². The van der Waals surface area contributed by atoms with Crippen molar-refractivity contribution in [3.63, 3.8) is 0 Å². The zero-order chi connectivity index (χ0) is 20.1. The summed E-state index contributed by atoms with van der Waals surface area (Å²) in [6.45, 7) is 6.52. The van der Waals surface area contributed by atoms with Crippen LogP contribution in [0, 0.1) is 0 Å². The van der Waals surface area contributed by atoms with Crippen molar-refractivity contribution >= 4 is 29.2 Å². The molecule has 0 saturated carbocycles. The molecule has 1 aliphatic rings. The molecule has 0 atom stereocenters. The van der Waals surface area contributed by atoms with Crippen LogP contribution in [0.3, 0.4) is 0 Å². The molecule has 0 bridgehead atoms. The first-order valence-corrected chi connectivity index (χ1v) is 9.18. The van der Waals surface area contributed by atoms with Gasteiger partial charge in [-0.3, -0.25) is 9.59 Å². The first kappa shape index (κ1) is 19.4. The molecule has 0 aromatic heterocycles. The maximum atomic E-state index is 12.4. The van der Waals surface area contributed by atoms with E-state index in [1.165, 1.54) is 4.90 Å². The van der Waals surface area contributed by atoms with Crippen LogP contribution >= 0.6 is 0 Å². The number of carbonyl (C=O) groups is 3. The zero-order valence-electron chi connectivity index (χ0n) is 15.7. The van der Waals surface area contributed by atoms with Crippen LogP contribution in [-0.2, 0) is 9.53 Å². The Morgan fingerprint density at radius 3 is 2.39 bits per heavy atom. The minimum atomic E-state index is -0.384. The molecular formula is C22H22N2O4. The Morgan fingerprint density at radius 1 is 1.07 bits per heavy atom. The lowest BCUT2D eigenvalue weighted by Gasteiger charge is -2.17. The fourth-order valence-electron chi connectivity index (χ4n) is 2.98. The molecule has 1 heterocycles. The average molecular weight is 378 g/mol. The highest BCUT2D eigenvalue weighted by molar-refractivity contribution is 6.09. The molecule has 28 heavy (non-hydrogen) atoms. The number of nitrogens with one attached hydrogen (secondary N) is 1. The largest absolute Gasteiger partial charge is 0.462 e. The Labute approximate surface area is 163 Å². The molecule has 6 nitrogen and oxygen atoms in total. The highest BCUT2D eigenvalue weighted by atomic mass is 16.5. The Kier molecular flexibility index (Phi) is 5.89. The molecule has 0 saturated heterocycles. The molecular weight excluding hydrogens is 356 g/mol. The SMILES string of the molecule is C=C1c2ccccc2C(=O)N1CCC(=O)Nc1ccc(C(=O)OCCC)cc1. The third-order valence-electron chi connectivity index (χ3n) is 4.44. The van der Waals surface area contributed by atoms with Crippen molar-refractivity contribution in [3.8, 4) is 0 Å². The average Bonchev–Trinajstić information content (AvgIpc) is 2.95. The zero-order valence-corrected chi connectivity index (χ0v) is 15.7. The van der Waals surface area contributed by atoms with E-state index < -0.39 is 0 Å². The number of hydrogen-bond acceptors (Lipinski definition) is 4. The van der Waals surface area contributed by atoms with Crippen molar-refractivity contribution in [2.45, 2.75) is 19.8 Å². The van der Waals surface area contributed by atoms with E-state index in [2.05, 4.69) is 11.9 Å². The number of amides is 2. The van der Waals surface area contributed by atoms with E-state index in [4.69, 9.17) is 4.74 Å². The molecule has 0 fully saturated rings. The van der Waals surface area contributed by atoms with E-state index in [0.29, 0.717) is 29.1 Å². The van der Waals surface area contributed by atoms with Crippen molar-refractivity contribution in [1.82, 2.24) is 4.90 Å². The van der Waals surface area contributed by atoms with Gasteiger partial charge in [0.1, 0.15) is 0 Å². The van der Waals surface area contributed by atoms with Crippen molar-refractivity contribution < 1.29 is 19.1 Å². The molecule has 144 valence electrons. The summed E-state index contributed by atoms with van der Waals surface area (Å²) in [4.78, 5) is 38.0. The number of nitrogens with zero attached hydrogens (tertiary/aromatic N) is 1. The fraction of sp³-hybridized carbons (Fsp3) is 0.227. The second-order valence-corrected chi connectivity index (χ2v) is 6.46. The van der Waals surface area contributed by atoms with Gasteiger partial charge in [0.05, 0.1) is 12.2 Å². The second-order valence-electron chi connectivity index (χ2n) is 6.46. The molecule has 2 aromatic rings. The van der Waals surface area contributed by atoms with Gasteiger partial charge in [-0.25, -0.2) is 4.79 Å². The molecule has 1 aliphatic heterocycles. The summed E-state index contributed by atoms with van der Waals surface area (Å²) in [6, 6.07) is 13.8. The van der Waals surface area contributed by atoms with Gasteiger partial charge in [0.2, 0.25) is 5.91 Å². The van der Waals surface area contributed by atoms with E-state index in [0.717, 1.165) is 12.0 Å². The number of rotatable bonds is 7. The number of fused-ring (bicyclic) bond motifs is 1. The molecule has 1 N–H and O–H groups in total. The predicted molar refractivity (Wildman–Crippen MR) is 107 cm³/mol. The molecule has 0 unspecified atom stereocenters. The van der Waals surface area contributed by atoms with Crippen LogP contribution in [0.5, 0.6) is 0 Å². The Hall–Kier alpha value is -3.41. The summed E-state index contributed by atoms with van der Waals surface area (Å²) in [6.07, 6.45) is 0.899. The quantitative estimate of drug-likeness (QED) is 0.745. The number of anilines is 1. The fourth-order valence-corrected chi connectivity index (χ4v) is 2.98. The summed E-state index contributed by atoms with van der Waals surface area (Å²) >= 11 is 0. The molecule has 0 aliphatic carbocycles. The van der Waals surface area contributed by atoms with E-state index in [9.17, 15) is 14.4 Å². The smallest absolute Gasteiger partial charge is 0.338 e. The first-order chi connectivity index (χ1) is 13.5. The van der Waals surface area contributed by atoms with Gasteiger partial charge in [-0.2, -0.15) is 0 Å². The number of hydrogen-bond donors (Lipinski definition) is 1. The maximum Gasteiger partial charge on any atom is 0.338 e. The van der Waals surface area contributed by atoms with Crippen molar-refractivity contribution in [1.29, 1.82) is 0 Å². The minimum Gasteiger partial charge on any atom is -0.462 e. The summed E-state index contributed by atoms with van der Waals surface area (Å²) < 4.78 is 5.07. The van der Waals surface area contributed by atoms with Crippen LogP contribution in [0.1, 0.15) is 46.0 Å². The van der Waals surface area contributed by atoms with Gasteiger partial charge >= 0.3 is 5.97 Å². The van der Waals surface area contributed by atoms with E-state index in [-0.39, 0.29) is 30.7 Å². The van der Waals surface area contributed by atoms with E-state index in [1.54, 1.807) is 30.3 Å². The van der Waals surface area contributed by atoms with Crippen LogP contribution in [0.15, 0.2) is 55.1 Å². The van der Waals surface area contributed by atoms with Gasteiger partial charge in [0.15, 0.2) is 0 Å². The van der Waals surface area contributed by atoms with E-state index in [1.807, 2.05) is 25.1 Å². The molecule has 2 amide bonds. The Morgan fingerprint density at radius 2 is 1.75 bits per heavy atom. The number of carbonyl (C=O) groups excluding carboxylic acids is 3. The van der Waals surface area contributed by atoms with Crippen molar-refractivity contribution in [2.75, 3.05) is 18.5 Å². The molecule has 6 heteroatoms. The molecule has 0 radical (unpaired) electrons. The predicted octanol–water partition coefficient (Wildman–Crippen LogP) is 3.71. The summed E-state index contributed by atoms with van der Waals surface area (Å²) in [7, 11) is 0. The van der Waals surface area contributed by atoms with Crippen molar-refractivity contribution in [2.24, 2.45) is 0 Å². The monoisotopic (exact) mass is 378 g/mol. The summed E-state index contributed by atoms with van der Waals surface area (Å²) in [5, 5.41) is 2.77. The van der Waals surface area contributed by atoms with Gasteiger partial charge in [-0.1, -0.05) is 31.7 Å². The minimum absolute atomic E-state index is 0.136. The first-order valence-electron chi connectivity index (χ1n) is 9.18. The molecule has 2 aromatic carbocycles. The van der Waals surface area contributed by atoms with Crippen LogP contribution in [-0.4, -0.2) is 35.8 Å². The van der Waals surface area contributed by atoms with Crippen LogP contribution in [0.4, 0.5) is 5.69 Å². The van der Waals surface area contributed by atoms with Gasteiger partial charge in [0.25, 0.3) is 5.91 Å². The lowest BCUT2D eigenvalue weighted by atomic mass is 10.1. The number of benzene rings is 2. The standard InChI is InChI=1S/C22H22N2O4/c1-3-14-28-22(27)16-8-10-17(11-9-16)23-20(25)12-13-24-15(2)18-6-4-5-7-19(18)21(24)26/h4-11H,2-3,12-14H2,1H3,(H,23,25). The summed E-state index contributed by atoms with van der Waals surface area (Å²) in [5.74, 6) is -0.744. The Balaban J connectivity index is 1.53. The molecule has 3 rings (SSSR count). The third-order valence-corrected chi connectivity index (χ3v) is 4.44. The van der Waals surface area contributed by atoms with E-state index >= 15 is 0 Å². The molecule has 0 spiro atoms. The van der Waals surface area contributed by atoms with Gasteiger partial charge in [-0.15, -0.1) is 0 Å². The van der Waals surface area contributed by atoms with Gasteiger partial charge in [-0.05, 0) is 36.8 Å². The lowest BCUT2D eigenvalue weighted by molar-refractivity contribution is -0.116. The normalized spacial score (nSPS) is 12.7. The van der Waals surface area contributed by atoms with Crippen LogP contribution < -0.4 is 5.32 Å². The topological polar surface area (TPSA) is 75.7 Å². The Bertz CT molecular complexity index is 883. The van der Waals surface area contributed by atoms with Gasteiger partial charge < -0.3 is 15.0 Å².